The van der Waals surface area contributed by atoms with E-state index < -0.39 is 10.2 Å². The van der Waals surface area contributed by atoms with E-state index in [9.17, 15) is 12.3 Å². The first kappa shape index (κ1) is 11.8. The number of halogens is 1. The van der Waals surface area contributed by atoms with E-state index >= 15 is 0 Å². The van der Waals surface area contributed by atoms with Gasteiger partial charge in [-0.15, -0.1) is 3.89 Å². The molecule has 0 saturated heterocycles. The third-order valence-corrected chi connectivity index (χ3v) is 3.38. The van der Waals surface area contributed by atoms with Crippen LogP contribution in [0.4, 0.5) is 3.89 Å². The van der Waals surface area contributed by atoms with Crippen LogP contribution in [0.15, 0.2) is 53.4 Å². The van der Waals surface area contributed by atoms with Crippen LogP contribution in [0.3, 0.4) is 0 Å². The fourth-order valence-electron chi connectivity index (χ4n) is 1.73. The number of benzene rings is 2. The summed E-state index contributed by atoms with van der Waals surface area (Å²) in [6.45, 7) is 1.76. The molecule has 0 aliphatic carbocycles. The lowest BCUT2D eigenvalue weighted by Crippen LogP contribution is -1.93. The van der Waals surface area contributed by atoms with Gasteiger partial charge in [-0.1, -0.05) is 36.4 Å². The second-order valence-corrected chi connectivity index (χ2v) is 5.13. The Morgan fingerprint density at radius 2 is 1.65 bits per heavy atom. The number of hydrogen-bond donors (Lipinski definition) is 0. The van der Waals surface area contributed by atoms with Gasteiger partial charge in [0.1, 0.15) is 0 Å². The lowest BCUT2D eigenvalue weighted by molar-refractivity contribution is 0.552. The van der Waals surface area contributed by atoms with Gasteiger partial charge < -0.3 is 0 Å². The Morgan fingerprint density at radius 3 is 2.18 bits per heavy atom. The molecule has 0 aliphatic heterocycles. The molecular formula is C13H11FO2S. The van der Waals surface area contributed by atoms with E-state index in [4.69, 9.17) is 0 Å². The highest BCUT2D eigenvalue weighted by atomic mass is 32.3. The SMILES string of the molecule is Cc1cc(S(=O)(=O)F)ccc1-c1ccccc1. The van der Waals surface area contributed by atoms with Gasteiger partial charge in [0.2, 0.25) is 0 Å². The van der Waals surface area contributed by atoms with E-state index in [0.29, 0.717) is 0 Å². The van der Waals surface area contributed by atoms with Gasteiger partial charge >= 0.3 is 10.2 Å². The Labute approximate surface area is 99.9 Å². The van der Waals surface area contributed by atoms with Crippen molar-refractivity contribution in [1.29, 1.82) is 0 Å². The molecule has 0 N–H and O–H groups in total. The van der Waals surface area contributed by atoms with Crippen LogP contribution < -0.4 is 0 Å². The standard InChI is InChI=1S/C13H11FO2S/c1-10-9-12(17(14,15)16)7-8-13(10)11-5-3-2-4-6-11/h2-9H,1H3. The highest BCUT2D eigenvalue weighted by Gasteiger charge is 2.13. The van der Waals surface area contributed by atoms with E-state index in [-0.39, 0.29) is 4.90 Å². The van der Waals surface area contributed by atoms with Gasteiger partial charge in [0.25, 0.3) is 0 Å². The van der Waals surface area contributed by atoms with Crippen molar-refractivity contribution >= 4 is 10.2 Å². The second-order valence-electron chi connectivity index (χ2n) is 3.78. The molecule has 0 heterocycles. The quantitative estimate of drug-likeness (QED) is 0.766. The third kappa shape index (κ3) is 2.53. The minimum absolute atomic E-state index is 0.297. The molecule has 2 aromatic carbocycles. The summed E-state index contributed by atoms with van der Waals surface area (Å²) in [6.07, 6.45) is 0. The van der Waals surface area contributed by atoms with Gasteiger partial charge in [-0.3, -0.25) is 0 Å². The molecule has 0 aromatic heterocycles. The molecule has 0 bridgehead atoms. The van der Waals surface area contributed by atoms with Crippen molar-refractivity contribution < 1.29 is 12.3 Å². The highest BCUT2D eigenvalue weighted by Crippen LogP contribution is 2.26. The maximum Gasteiger partial charge on any atom is 0.332 e. The van der Waals surface area contributed by atoms with Crippen LogP contribution in [0.2, 0.25) is 0 Å². The van der Waals surface area contributed by atoms with E-state index in [0.717, 1.165) is 16.7 Å². The molecule has 0 radical (unpaired) electrons. The molecule has 88 valence electrons. The van der Waals surface area contributed by atoms with Crippen LogP contribution >= 0.6 is 0 Å². The first-order valence-electron chi connectivity index (χ1n) is 5.09. The van der Waals surface area contributed by atoms with Crippen LogP contribution in [0.1, 0.15) is 5.56 Å². The van der Waals surface area contributed by atoms with Crippen molar-refractivity contribution in [3.8, 4) is 11.1 Å². The molecule has 0 amide bonds. The smallest absolute Gasteiger partial charge is 0.189 e. The lowest BCUT2D eigenvalue weighted by Gasteiger charge is -2.06. The normalized spacial score (nSPS) is 11.4. The molecule has 0 unspecified atom stereocenters. The highest BCUT2D eigenvalue weighted by molar-refractivity contribution is 7.86. The summed E-state index contributed by atoms with van der Waals surface area (Å²) in [5.41, 5.74) is 2.61. The summed E-state index contributed by atoms with van der Waals surface area (Å²) < 4.78 is 34.3. The third-order valence-electron chi connectivity index (χ3n) is 2.56. The van der Waals surface area contributed by atoms with Gasteiger partial charge in [-0.2, -0.15) is 8.42 Å². The van der Waals surface area contributed by atoms with Crippen molar-refractivity contribution in [1.82, 2.24) is 0 Å². The van der Waals surface area contributed by atoms with Crippen molar-refractivity contribution in [2.75, 3.05) is 0 Å². The Kier molecular flexibility index (Phi) is 2.98. The van der Waals surface area contributed by atoms with Crippen molar-refractivity contribution in [3.05, 3.63) is 54.1 Å². The molecule has 2 aromatic rings. The molecule has 0 spiro atoms. The Bertz CT molecular complexity index is 634. The molecule has 2 rings (SSSR count). The maximum atomic E-state index is 12.8. The van der Waals surface area contributed by atoms with E-state index in [2.05, 4.69) is 0 Å². The van der Waals surface area contributed by atoms with E-state index in [1.807, 2.05) is 30.3 Å². The van der Waals surface area contributed by atoms with Gasteiger partial charge in [-0.25, -0.2) is 0 Å². The predicted octanol–water partition coefficient (Wildman–Crippen LogP) is 3.32. The number of aryl methyl sites for hydroxylation is 1. The first-order valence-corrected chi connectivity index (χ1v) is 6.47. The Balaban J connectivity index is 2.54. The summed E-state index contributed by atoms with van der Waals surface area (Å²) in [5.74, 6) is 0. The Morgan fingerprint density at radius 1 is 1.00 bits per heavy atom. The molecule has 0 fully saturated rings. The fraction of sp³-hybridized carbons (Fsp3) is 0.0769. The monoisotopic (exact) mass is 250 g/mol. The second kappa shape index (κ2) is 4.30. The zero-order valence-corrected chi connectivity index (χ0v) is 10.0. The molecular weight excluding hydrogens is 239 g/mol. The summed E-state index contributed by atoms with van der Waals surface area (Å²) in [5, 5.41) is 0. The molecule has 4 heteroatoms. The average Bonchev–Trinajstić information content (AvgIpc) is 2.29. The molecule has 0 aliphatic rings. The van der Waals surface area contributed by atoms with E-state index in [1.54, 1.807) is 13.0 Å². The largest absolute Gasteiger partial charge is 0.332 e. The minimum Gasteiger partial charge on any atom is -0.189 e. The Hall–Kier alpha value is -1.68. The van der Waals surface area contributed by atoms with Gasteiger partial charge in [0, 0.05) is 0 Å². The number of rotatable bonds is 2. The summed E-state index contributed by atoms with van der Waals surface area (Å²) in [7, 11) is -4.62. The molecule has 0 saturated carbocycles. The van der Waals surface area contributed by atoms with Crippen LogP contribution in [-0.4, -0.2) is 8.42 Å². The summed E-state index contributed by atoms with van der Waals surface area (Å²) >= 11 is 0. The van der Waals surface area contributed by atoms with Crippen LogP contribution in [0.5, 0.6) is 0 Å². The van der Waals surface area contributed by atoms with Gasteiger partial charge in [0.15, 0.2) is 0 Å². The predicted molar refractivity (Wildman–Crippen MR) is 64.9 cm³/mol. The van der Waals surface area contributed by atoms with Gasteiger partial charge in [0.05, 0.1) is 4.90 Å². The van der Waals surface area contributed by atoms with Crippen molar-refractivity contribution in [2.24, 2.45) is 0 Å². The topological polar surface area (TPSA) is 34.1 Å². The van der Waals surface area contributed by atoms with E-state index in [1.165, 1.54) is 12.1 Å². The zero-order chi connectivity index (χ0) is 12.5. The minimum atomic E-state index is -4.62. The lowest BCUT2D eigenvalue weighted by atomic mass is 10.0. The molecule has 2 nitrogen and oxygen atoms in total. The van der Waals surface area contributed by atoms with Crippen LogP contribution in [-0.2, 0) is 10.2 Å². The van der Waals surface area contributed by atoms with Gasteiger partial charge in [-0.05, 0) is 35.7 Å². The van der Waals surface area contributed by atoms with Crippen molar-refractivity contribution in [2.45, 2.75) is 11.8 Å². The molecule has 17 heavy (non-hydrogen) atoms. The number of hydrogen-bond acceptors (Lipinski definition) is 2. The molecule has 0 atom stereocenters. The summed E-state index contributed by atoms with van der Waals surface area (Å²) in [4.78, 5) is -0.297. The summed E-state index contributed by atoms with van der Waals surface area (Å²) in [6, 6.07) is 13.8. The average molecular weight is 250 g/mol. The van der Waals surface area contributed by atoms with Crippen molar-refractivity contribution in [3.63, 3.8) is 0 Å². The van der Waals surface area contributed by atoms with Crippen LogP contribution in [0.25, 0.3) is 11.1 Å². The maximum absolute atomic E-state index is 12.8. The fourth-order valence-corrected chi connectivity index (χ4v) is 2.28. The zero-order valence-electron chi connectivity index (χ0n) is 9.22. The van der Waals surface area contributed by atoms with Crippen LogP contribution in [0, 0.1) is 6.92 Å². The first-order chi connectivity index (χ1) is 7.98.